The van der Waals surface area contributed by atoms with Crippen molar-refractivity contribution in [3.63, 3.8) is 0 Å². The molecular weight excluding hydrogens is 282 g/mol. The van der Waals surface area contributed by atoms with Crippen LogP contribution in [-0.2, 0) is 6.42 Å². The number of Topliss-reactive ketones (excluding diaryl/α,β-unsaturated/α-hetero) is 1. The van der Waals surface area contributed by atoms with Gasteiger partial charge in [0.1, 0.15) is 11.6 Å². The summed E-state index contributed by atoms with van der Waals surface area (Å²) in [5, 5.41) is 0. The summed E-state index contributed by atoms with van der Waals surface area (Å²) in [6.07, 6.45) is 0.753. The summed E-state index contributed by atoms with van der Waals surface area (Å²) in [5.74, 6) is -2.07. The highest BCUT2D eigenvalue weighted by atomic mass is 19.1. The van der Waals surface area contributed by atoms with Gasteiger partial charge in [0, 0.05) is 12.0 Å². The minimum Gasteiger partial charge on any atom is -0.480 e. The number of carbonyl (C=O) groups excluding carboxylic acids is 1. The Labute approximate surface area is 119 Å². The van der Waals surface area contributed by atoms with Crippen LogP contribution in [-0.4, -0.2) is 30.0 Å². The van der Waals surface area contributed by atoms with Gasteiger partial charge < -0.3 is 9.47 Å². The minimum atomic E-state index is -0.788. The van der Waals surface area contributed by atoms with E-state index in [1.807, 2.05) is 0 Å². The van der Waals surface area contributed by atoms with Crippen molar-refractivity contribution in [3.8, 4) is 11.8 Å². The highest BCUT2D eigenvalue weighted by Crippen LogP contribution is 2.20. The zero-order valence-electron chi connectivity index (χ0n) is 11.4. The number of methoxy groups -OCH3 is 2. The largest absolute Gasteiger partial charge is 0.480 e. The van der Waals surface area contributed by atoms with Crippen molar-refractivity contribution in [2.24, 2.45) is 0 Å². The molecule has 0 aliphatic heterocycles. The first-order valence-electron chi connectivity index (χ1n) is 5.98. The van der Waals surface area contributed by atoms with Crippen molar-refractivity contribution in [1.29, 1.82) is 0 Å². The standard InChI is InChI=1S/C14H12F2N2O3/c1-20-12-7-17-13(14(18-12)21-2)11(19)6-8-9(15)4-3-5-10(8)16/h3-5,7H,6H2,1-2H3. The molecule has 0 saturated carbocycles. The van der Waals surface area contributed by atoms with Crippen molar-refractivity contribution in [3.05, 3.63) is 47.3 Å². The summed E-state index contributed by atoms with van der Waals surface area (Å²) in [4.78, 5) is 19.9. The van der Waals surface area contributed by atoms with E-state index < -0.39 is 23.8 Å². The number of aromatic nitrogens is 2. The lowest BCUT2D eigenvalue weighted by molar-refractivity contribution is 0.0981. The predicted molar refractivity (Wildman–Crippen MR) is 69.5 cm³/mol. The van der Waals surface area contributed by atoms with E-state index in [1.54, 1.807) is 0 Å². The molecule has 0 atom stereocenters. The van der Waals surface area contributed by atoms with Gasteiger partial charge >= 0.3 is 0 Å². The fourth-order valence-corrected chi connectivity index (χ4v) is 1.73. The van der Waals surface area contributed by atoms with Crippen LogP contribution in [0.4, 0.5) is 8.78 Å². The van der Waals surface area contributed by atoms with E-state index in [2.05, 4.69) is 9.97 Å². The number of ketones is 1. The first-order chi connectivity index (χ1) is 10.1. The maximum Gasteiger partial charge on any atom is 0.246 e. The minimum absolute atomic E-state index is 0.0592. The Bertz CT molecular complexity index is 657. The molecule has 0 aliphatic carbocycles. The highest BCUT2D eigenvalue weighted by Gasteiger charge is 2.20. The van der Waals surface area contributed by atoms with Crippen LogP contribution in [0.1, 0.15) is 16.1 Å². The van der Waals surface area contributed by atoms with Gasteiger partial charge in [0.2, 0.25) is 11.8 Å². The summed E-state index contributed by atoms with van der Waals surface area (Å²) < 4.78 is 36.9. The molecule has 0 bridgehead atoms. The van der Waals surface area contributed by atoms with Crippen LogP contribution in [0.2, 0.25) is 0 Å². The molecule has 21 heavy (non-hydrogen) atoms. The second-order valence-corrected chi connectivity index (χ2v) is 4.07. The van der Waals surface area contributed by atoms with Gasteiger partial charge in [0.15, 0.2) is 11.5 Å². The number of halogens is 2. The Kier molecular flexibility index (Phi) is 4.42. The summed E-state index contributed by atoms with van der Waals surface area (Å²) in [5.41, 5.74) is -0.428. The fourth-order valence-electron chi connectivity index (χ4n) is 1.73. The molecule has 5 nitrogen and oxygen atoms in total. The van der Waals surface area contributed by atoms with Crippen molar-refractivity contribution in [2.75, 3.05) is 14.2 Å². The van der Waals surface area contributed by atoms with E-state index in [1.165, 1.54) is 26.5 Å². The normalized spacial score (nSPS) is 10.3. The zero-order valence-corrected chi connectivity index (χ0v) is 11.4. The van der Waals surface area contributed by atoms with Crippen LogP contribution in [0, 0.1) is 11.6 Å². The molecule has 1 heterocycles. The number of rotatable bonds is 5. The fraction of sp³-hybridized carbons (Fsp3) is 0.214. The molecule has 0 unspecified atom stereocenters. The highest BCUT2D eigenvalue weighted by molar-refractivity contribution is 5.97. The first kappa shape index (κ1) is 14.8. The molecule has 1 aromatic carbocycles. The van der Waals surface area contributed by atoms with E-state index in [4.69, 9.17) is 9.47 Å². The number of nitrogens with zero attached hydrogens (tertiary/aromatic N) is 2. The summed E-state index contributed by atoms with van der Waals surface area (Å²) in [6, 6.07) is 3.40. The molecule has 0 saturated heterocycles. The number of benzene rings is 1. The maximum absolute atomic E-state index is 13.5. The molecule has 2 rings (SSSR count). The quantitative estimate of drug-likeness (QED) is 0.791. The number of carbonyl (C=O) groups is 1. The summed E-state index contributed by atoms with van der Waals surface area (Å²) in [6.45, 7) is 0. The Morgan fingerprint density at radius 1 is 1.19 bits per heavy atom. The number of hydrogen-bond donors (Lipinski definition) is 0. The molecule has 1 aromatic heterocycles. The van der Waals surface area contributed by atoms with Gasteiger partial charge in [-0.05, 0) is 12.1 Å². The molecule has 110 valence electrons. The molecular formula is C14H12F2N2O3. The van der Waals surface area contributed by atoms with Gasteiger partial charge in [-0.25, -0.2) is 13.8 Å². The van der Waals surface area contributed by atoms with E-state index in [9.17, 15) is 13.6 Å². The third kappa shape index (κ3) is 3.13. The Hall–Kier alpha value is -2.57. The molecule has 0 aliphatic rings. The van der Waals surface area contributed by atoms with E-state index in [0.29, 0.717) is 0 Å². The maximum atomic E-state index is 13.5. The summed E-state index contributed by atoms with van der Waals surface area (Å²) in [7, 11) is 2.70. The second kappa shape index (κ2) is 6.25. The van der Waals surface area contributed by atoms with Crippen LogP contribution < -0.4 is 9.47 Å². The molecule has 0 radical (unpaired) electrons. The smallest absolute Gasteiger partial charge is 0.246 e. The predicted octanol–water partition coefficient (Wildman–Crippen LogP) is 2.20. The lowest BCUT2D eigenvalue weighted by Crippen LogP contribution is -2.12. The zero-order chi connectivity index (χ0) is 15.4. The van der Waals surface area contributed by atoms with Crippen LogP contribution in [0.3, 0.4) is 0 Å². The number of ether oxygens (including phenoxy) is 2. The van der Waals surface area contributed by atoms with Gasteiger partial charge in [0.05, 0.1) is 20.4 Å². The average Bonchev–Trinajstić information content (AvgIpc) is 2.50. The van der Waals surface area contributed by atoms with E-state index in [-0.39, 0.29) is 23.0 Å². The third-order valence-corrected chi connectivity index (χ3v) is 2.78. The molecule has 7 heteroatoms. The van der Waals surface area contributed by atoms with Gasteiger partial charge in [0.25, 0.3) is 0 Å². The Balaban J connectivity index is 2.32. The second-order valence-electron chi connectivity index (χ2n) is 4.07. The lowest BCUT2D eigenvalue weighted by atomic mass is 10.1. The first-order valence-corrected chi connectivity index (χ1v) is 5.98. The van der Waals surface area contributed by atoms with Crippen molar-refractivity contribution in [1.82, 2.24) is 9.97 Å². The van der Waals surface area contributed by atoms with Crippen molar-refractivity contribution < 1.29 is 23.0 Å². The number of hydrogen-bond acceptors (Lipinski definition) is 5. The monoisotopic (exact) mass is 294 g/mol. The SMILES string of the molecule is COc1cnc(C(=O)Cc2c(F)cccc2F)c(OC)n1. The molecule has 0 amide bonds. The topological polar surface area (TPSA) is 61.3 Å². The van der Waals surface area contributed by atoms with Gasteiger partial charge in [-0.1, -0.05) is 6.07 Å². The van der Waals surface area contributed by atoms with Crippen molar-refractivity contribution in [2.45, 2.75) is 6.42 Å². The Morgan fingerprint density at radius 3 is 2.43 bits per heavy atom. The lowest BCUT2D eigenvalue weighted by Gasteiger charge is -2.08. The van der Waals surface area contributed by atoms with Crippen molar-refractivity contribution >= 4 is 5.78 Å². The average molecular weight is 294 g/mol. The summed E-state index contributed by atoms with van der Waals surface area (Å²) >= 11 is 0. The molecule has 0 N–H and O–H groups in total. The van der Waals surface area contributed by atoms with Gasteiger partial charge in [-0.2, -0.15) is 4.98 Å². The Morgan fingerprint density at radius 2 is 1.86 bits per heavy atom. The van der Waals surface area contributed by atoms with Crippen LogP contribution in [0.5, 0.6) is 11.8 Å². The van der Waals surface area contributed by atoms with Crippen LogP contribution >= 0.6 is 0 Å². The van der Waals surface area contributed by atoms with E-state index >= 15 is 0 Å². The van der Waals surface area contributed by atoms with Crippen LogP contribution in [0.15, 0.2) is 24.4 Å². The molecule has 0 fully saturated rings. The van der Waals surface area contributed by atoms with Gasteiger partial charge in [-0.15, -0.1) is 0 Å². The van der Waals surface area contributed by atoms with E-state index in [0.717, 1.165) is 12.1 Å². The van der Waals surface area contributed by atoms with Crippen LogP contribution in [0.25, 0.3) is 0 Å². The molecule has 2 aromatic rings. The third-order valence-electron chi connectivity index (χ3n) is 2.78. The molecule has 0 spiro atoms. The van der Waals surface area contributed by atoms with Gasteiger partial charge in [-0.3, -0.25) is 4.79 Å².